The SMILES string of the molecule is CS(=O)(=O)c1ccc(-c2n[nH]c(C(F)(F)F)c2CCc2ccc(Cl)cc2)cc1. The Morgan fingerprint density at radius 2 is 1.61 bits per heavy atom. The number of hydrogen-bond acceptors (Lipinski definition) is 3. The lowest BCUT2D eigenvalue weighted by atomic mass is 9.99. The van der Waals surface area contributed by atoms with E-state index >= 15 is 0 Å². The summed E-state index contributed by atoms with van der Waals surface area (Å²) in [6.45, 7) is 0. The molecule has 0 aliphatic carbocycles. The van der Waals surface area contributed by atoms with Crippen molar-refractivity contribution < 1.29 is 21.6 Å². The number of nitrogens with zero attached hydrogens (tertiary/aromatic N) is 1. The van der Waals surface area contributed by atoms with Crippen molar-refractivity contribution >= 4 is 21.4 Å². The molecule has 0 unspecified atom stereocenters. The average molecular weight is 429 g/mol. The maximum atomic E-state index is 13.4. The highest BCUT2D eigenvalue weighted by Crippen LogP contribution is 2.36. The molecule has 1 aromatic heterocycles. The topological polar surface area (TPSA) is 62.8 Å². The van der Waals surface area contributed by atoms with Crippen molar-refractivity contribution in [2.45, 2.75) is 23.9 Å². The summed E-state index contributed by atoms with van der Waals surface area (Å²) in [5.41, 5.74) is 0.543. The standard InChI is InChI=1S/C19H16ClF3N2O2S/c1-28(26,27)15-9-5-13(6-10-15)17-16(18(25-24-17)19(21,22)23)11-4-12-2-7-14(20)8-3-12/h2-3,5-10H,4,11H2,1H3,(H,24,25). The lowest BCUT2D eigenvalue weighted by Gasteiger charge is -2.10. The highest BCUT2D eigenvalue weighted by atomic mass is 35.5. The van der Waals surface area contributed by atoms with Gasteiger partial charge in [-0.15, -0.1) is 0 Å². The molecular weight excluding hydrogens is 413 g/mol. The molecule has 0 atom stereocenters. The van der Waals surface area contributed by atoms with Crippen LogP contribution in [0.3, 0.4) is 0 Å². The van der Waals surface area contributed by atoms with Crippen LogP contribution in [0.2, 0.25) is 5.02 Å². The summed E-state index contributed by atoms with van der Waals surface area (Å²) in [7, 11) is -3.40. The van der Waals surface area contributed by atoms with Crippen LogP contribution in [0.4, 0.5) is 13.2 Å². The number of benzene rings is 2. The number of alkyl halides is 3. The van der Waals surface area contributed by atoms with Crippen molar-refractivity contribution in [1.82, 2.24) is 10.2 Å². The molecule has 28 heavy (non-hydrogen) atoms. The molecule has 3 rings (SSSR count). The Balaban J connectivity index is 1.97. The number of sulfone groups is 1. The third-order valence-corrected chi connectivity index (χ3v) is 5.66. The van der Waals surface area contributed by atoms with Crippen LogP contribution < -0.4 is 0 Å². The van der Waals surface area contributed by atoms with Crippen LogP contribution in [-0.2, 0) is 28.9 Å². The first-order valence-corrected chi connectivity index (χ1v) is 10.5. The van der Waals surface area contributed by atoms with Crippen LogP contribution in [0.25, 0.3) is 11.3 Å². The van der Waals surface area contributed by atoms with Gasteiger partial charge < -0.3 is 0 Å². The van der Waals surface area contributed by atoms with E-state index in [1.165, 1.54) is 24.3 Å². The number of H-pyrrole nitrogens is 1. The Labute approximate surface area is 165 Å². The normalized spacial score (nSPS) is 12.3. The van der Waals surface area contributed by atoms with E-state index in [4.69, 9.17) is 11.6 Å². The van der Waals surface area contributed by atoms with Gasteiger partial charge in [0, 0.05) is 22.4 Å². The number of rotatable bonds is 5. The molecule has 3 aromatic rings. The van der Waals surface area contributed by atoms with Gasteiger partial charge in [0.25, 0.3) is 0 Å². The average Bonchev–Trinajstić information content (AvgIpc) is 3.05. The molecule has 0 saturated heterocycles. The minimum absolute atomic E-state index is 0.0366. The highest BCUT2D eigenvalue weighted by molar-refractivity contribution is 7.90. The Morgan fingerprint density at radius 3 is 2.14 bits per heavy atom. The molecule has 9 heteroatoms. The van der Waals surface area contributed by atoms with Crippen molar-refractivity contribution in [3.05, 3.63) is 70.4 Å². The zero-order valence-corrected chi connectivity index (χ0v) is 16.3. The van der Waals surface area contributed by atoms with Crippen molar-refractivity contribution in [1.29, 1.82) is 0 Å². The van der Waals surface area contributed by atoms with Crippen LogP contribution in [0.15, 0.2) is 53.4 Å². The van der Waals surface area contributed by atoms with Crippen molar-refractivity contribution in [2.75, 3.05) is 6.26 Å². The smallest absolute Gasteiger partial charge is 0.273 e. The summed E-state index contributed by atoms with van der Waals surface area (Å²) in [6.07, 6.45) is -3.03. The first-order chi connectivity index (χ1) is 13.1. The number of halogens is 4. The summed E-state index contributed by atoms with van der Waals surface area (Å²) in [4.78, 5) is 0.0885. The minimum Gasteiger partial charge on any atom is -0.273 e. The third kappa shape index (κ3) is 4.56. The van der Waals surface area contributed by atoms with Gasteiger partial charge in [0.15, 0.2) is 9.84 Å². The Bertz CT molecular complexity index is 1070. The number of nitrogens with one attached hydrogen (secondary N) is 1. The van der Waals surface area contributed by atoms with Crippen molar-refractivity contribution in [3.63, 3.8) is 0 Å². The molecule has 0 bridgehead atoms. The fraction of sp³-hybridized carbons (Fsp3) is 0.211. The summed E-state index contributed by atoms with van der Waals surface area (Å²) in [5, 5.41) is 6.49. The van der Waals surface area contributed by atoms with E-state index in [2.05, 4.69) is 10.2 Å². The Kier molecular flexibility index (Phi) is 5.54. The molecule has 0 spiro atoms. The van der Waals surface area contributed by atoms with E-state index in [1.807, 2.05) is 0 Å². The third-order valence-electron chi connectivity index (χ3n) is 4.28. The quantitative estimate of drug-likeness (QED) is 0.626. The number of aromatic nitrogens is 2. The van der Waals surface area contributed by atoms with Crippen molar-refractivity contribution in [2.24, 2.45) is 0 Å². The maximum Gasteiger partial charge on any atom is 0.433 e. The molecule has 0 aliphatic heterocycles. The molecule has 0 amide bonds. The van der Waals surface area contributed by atoms with Gasteiger partial charge >= 0.3 is 6.18 Å². The largest absolute Gasteiger partial charge is 0.433 e. The second kappa shape index (κ2) is 7.60. The van der Waals surface area contributed by atoms with E-state index in [-0.39, 0.29) is 22.6 Å². The second-order valence-corrected chi connectivity index (χ2v) is 8.80. The molecule has 4 nitrogen and oxygen atoms in total. The van der Waals surface area contributed by atoms with Crippen LogP contribution in [-0.4, -0.2) is 24.9 Å². The molecule has 0 fully saturated rings. The number of aryl methyl sites for hydroxylation is 1. The first kappa shape index (κ1) is 20.4. The first-order valence-electron chi connectivity index (χ1n) is 8.25. The second-order valence-electron chi connectivity index (χ2n) is 6.35. The fourth-order valence-electron chi connectivity index (χ4n) is 2.86. The molecule has 1 heterocycles. The summed E-state index contributed by atoms with van der Waals surface area (Å²) >= 11 is 5.84. The van der Waals surface area contributed by atoms with Gasteiger partial charge in [0.1, 0.15) is 5.69 Å². The number of aromatic amines is 1. The fourth-order valence-corrected chi connectivity index (χ4v) is 3.62. The number of hydrogen-bond donors (Lipinski definition) is 1. The predicted octanol–water partition coefficient (Wildman–Crippen LogP) is 4.94. The van der Waals surface area contributed by atoms with Gasteiger partial charge in [-0.3, -0.25) is 5.10 Å². The Morgan fingerprint density at radius 1 is 1.00 bits per heavy atom. The maximum absolute atomic E-state index is 13.4. The van der Waals surface area contributed by atoms with Crippen LogP contribution in [0.1, 0.15) is 16.8 Å². The molecular formula is C19H16ClF3N2O2S. The highest BCUT2D eigenvalue weighted by Gasteiger charge is 2.37. The van der Waals surface area contributed by atoms with Gasteiger partial charge in [-0.05, 0) is 42.7 Å². The van der Waals surface area contributed by atoms with Crippen LogP contribution in [0.5, 0.6) is 0 Å². The molecule has 0 radical (unpaired) electrons. The lowest BCUT2D eigenvalue weighted by Crippen LogP contribution is -2.10. The summed E-state index contributed by atoms with van der Waals surface area (Å²) in [5.74, 6) is 0. The zero-order chi connectivity index (χ0) is 20.5. The van der Waals surface area contributed by atoms with E-state index in [0.717, 1.165) is 11.8 Å². The molecule has 148 valence electrons. The monoisotopic (exact) mass is 428 g/mol. The van der Waals surface area contributed by atoms with Gasteiger partial charge in [-0.1, -0.05) is 35.9 Å². The molecule has 1 N–H and O–H groups in total. The van der Waals surface area contributed by atoms with Gasteiger partial charge in [0.05, 0.1) is 10.6 Å². The lowest BCUT2D eigenvalue weighted by molar-refractivity contribution is -0.141. The van der Waals surface area contributed by atoms with Gasteiger partial charge in [0.2, 0.25) is 0 Å². The molecule has 0 aliphatic rings. The molecule has 2 aromatic carbocycles. The summed E-state index contributed by atoms with van der Waals surface area (Å²) in [6, 6.07) is 12.5. The predicted molar refractivity (Wildman–Crippen MR) is 101 cm³/mol. The van der Waals surface area contributed by atoms with Gasteiger partial charge in [-0.2, -0.15) is 18.3 Å². The minimum atomic E-state index is -4.58. The Hall–Kier alpha value is -2.32. The van der Waals surface area contributed by atoms with Crippen molar-refractivity contribution in [3.8, 4) is 11.3 Å². The zero-order valence-electron chi connectivity index (χ0n) is 14.7. The van der Waals surface area contributed by atoms with Crippen LogP contribution >= 0.6 is 11.6 Å². The van der Waals surface area contributed by atoms with Gasteiger partial charge in [-0.25, -0.2) is 8.42 Å². The van der Waals surface area contributed by atoms with E-state index in [9.17, 15) is 21.6 Å². The van der Waals surface area contributed by atoms with E-state index < -0.39 is 21.7 Å². The summed E-state index contributed by atoms with van der Waals surface area (Å²) < 4.78 is 63.4. The van der Waals surface area contributed by atoms with Crippen LogP contribution in [0, 0.1) is 0 Å². The van der Waals surface area contributed by atoms with E-state index in [0.29, 0.717) is 17.0 Å². The van der Waals surface area contributed by atoms with E-state index in [1.54, 1.807) is 24.3 Å². The molecule has 0 saturated carbocycles.